The molecule has 1 N–H and O–H groups in total. The van der Waals surface area contributed by atoms with E-state index in [0.717, 1.165) is 16.5 Å². The molecule has 0 atom stereocenters. The summed E-state index contributed by atoms with van der Waals surface area (Å²) in [5.41, 5.74) is 2.21. The number of ether oxygens (including phenoxy) is 1. The number of hydrogen-bond acceptors (Lipinski definition) is 5. The molecule has 2 heterocycles. The Morgan fingerprint density at radius 3 is 2.53 bits per heavy atom. The van der Waals surface area contributed by atoms with Crippen LogP contribution >= 0.6 is 0 Å². The summed E-state index contributed by atoms with van der Waals surface area (Å²) in [4.78, 5) is 33.3. The molecule has 0 aliphatic carbocycles. The van der Waals surface area contributed by atoms with E-state index in [-0.39, 0.29) is 24.0 Å². The van der Waals surface area contributed by atoms with E-state index >= 15 is 0 Å². The third kappa shape index (κ3) is 4.05. The summed E-state index contributed by atoms with van der Waals surface area (Å²) in [5, 5.41) is 10.8. The molecule has 0 spiro atoms. The average Bonchev–Trinajstić information content (AvgIpc) is 2.78. The summed E-state index contributed by atoms with van der Waals surface area (Å²) in [6, 6.07) is 14.3. The van der Waals surface area contributed by atoms with Crippen molar-refractivity contribution in [2.24, 2.45) is 0 Å². The van der Waals surface area contributed by atoms with Crippen LogP contribution in [-0.4, -0.2) is 65.0 Å². The van der Waals surface area contributed by atoms with Crippen LogP contribution in [-0.2, 0) is 11.2 Å². The second-order valence-corrected chi connectivity index (χ2v) is 7.27. The number of hydrogen-bond donors (Lipinski definition) is 1. The van der Waals surface area contributed by atoms with E-state index < -0.39 is 0 Å². The maximum absolute atomic E-state index is 12.9. The molecular formula is C23H23N3O4. The fraction of sp³-hybridized carbons (Fsp3) is 0.261. The second-order valence-electron chi connectivity index (χ2n) is 7.27. The topological polar surface area (TPSA) is 83.0 Å². The van der Waals surface area contributed by atoms with Crippen molar-refractivity contribution < 1.29 is 19.4 Å². The maximum Gasteiger partial charge on any atom is 0.253 e. The first kappa shape index (κ1) is 19.7. The number of phenolic OH excluding ortho intramolecular Hbond substituents is 1. The van der Waals surface area contributed by atoms with Gasteiger partial charge in [-0.2, -0.15) is 0 Å². The van der Waals surface area contributed by atoms with Crippen molar-refractivity contribution in [3.63, 3.8) is 0 Å². The Balaban J connectivity index is 1.36. The van der Waals surface area contributed by atoms with Gasteiger partial charge in [-0.05, 0) is 42.0 Å². The number of fused-ring (bicyclic) bond motifs is 1. The van der Waals surface area contributed by atoms with Gasteiger partial charge in [-0.3, -0.25) is 14.6 Å². The number of piperazine rings is 1. The number of methoxy groups -OCH3 is 1. The van der Waals surface area contributed by atoms with Crippen LogP contribution in [0.25, 0.3) is 10.9 Å². The Morgan fingerprint density at radius 2 is 1.80 bits per heavy atom. The molecule has 154 valence electrons. The summed E-state index contributed by atoms with van der Waals surface area (Å²) < 4.78 is 5.03. The first-order valence-electron chi connectivity index (χ1n) is 9.83. The van der Waals surface area contributed by atoms with Crippen LogP contribution in [0.5, 0.6) is 11.5 Å². The van der Waals surface area contributed by atoms with Crippen molar-refractivity contribution in [3.05, 3.63) is 65.9 Å². The fourth-order valence-corrected chi connectivity index (χ4v) is 3.68. The lowest BCUT2D eigenvalue weighted by atomic mass is 10.1. The molecule has 0 bridgehead atoms. The molecule has 2 amide bonds. The van der Waals surface area contributed by atoms with Gasteiger partial charge in [-0.15, -0.1) is 0 Å². The summed E-state index contributed by atoms with van der Waals surface area (Å²) in [6.07, 6.45) is 1.93. The summed E-state index contributed by atoms with van der Waals surface area (Å²) >= 11 is 0. The highest BCUT2D eigenvalue weighted by Crippen LogP contribution is 2.26. The maximum atomic E-state index is 12.9. The highest BCUT2D eigenvalue weighted by Gasteiger charge is 2.25. The van der Waals surface area contributed by atoms with Gasteiger partial charge in [0.2, 0.25) is 5.91 Å². The van der Waals surface area contributed by atoms with Gasteiger partial charge >= 0.3 is 0 Å². The lowest BCUT2D eigenvalue weighted by Crippen LogP contribution is -2.51. The zero-order chi connectivity index (χ0) is 21.1. The Labute approximate surface area is 174 Å². The van der Waals surface area contributed by atoms with Crippen molar-refractivity contribution in [1.29, 1.82) is 0 Å². The van der Waals surface area contributed by atoms with Gasteiger partial charge in [-0.25, -0.2) is 0 Å². The highest BCUT2D eigenvalue weighted by atomic mass is 16.5. The summed E-state index contributed by atoms with van der Waals surface area (Å²) in [7, 11) is 1.48. The van der Waals surface area contributed by atoms with Crippen LogP contribution in [0.2, 0.25) is 0 Å². The fourth-order valence-electron chi connectivity index (χ4n) is 3.68. The lowest BCUT2D eigenvalue weighted by Gasteiger charge is -2.35. The van der Waals surface area contributed by atoms with Gasteiger partial charge in [0.05, 0.1) is 19.0 Å². The standard InChI is InChI=1S/C23H23N3O4/c1-30-21-7-4-16(13-20(21)27)14-22(28)25-9-11-26(12-10-25)23(29)18-5-6-19-17(15-18)3-2-8-24-19/h2-8,13,15,27H,9-12,14H2,1H3. The van der Waals surface area contributed by atoms with E-state index in [1.807, 2.05) is 24.3 Å². The molecule has 7 nitrogen and oxygen atoms in total. The summed E-state index contributed by atoms with van der Waals surface area (Å²) in [6.45, 7) is 1.96. The number of phenols is 1. The Hall–Kier alpha value is -3.61. The van der Waals surface area contributed by atoms with Crippen molar-refractivity contribution in [2.45, 2.75) is 6.42 Å². The number of amides is 2. The Kier molecular flexibility index (Phi) is 5.52. The van der Waals surface area contributed by atoms with Crippen LogP contribution in [0, 0.1) is 0 Å². The predicted octanol–water partition coefficient (Wildman–Crippen LogP) is 2.48. The van der Waals surface area contributed by atoms with Gasteiger partial charge in [0.25, 0.3) is 5.91 Å². The SMILES string of the molecule is COc1ccc(CC(=O)N2CCN(C(=O)c3ccc4ncccc4c3)CC2)cc1O. The highest BCUT2D eigenvalue weighted by molar-refractivity contribution is 5.98. The van der Waals surface area contributed by atoms with Crippen molar-refractivity contribution in [3.8, 4) is 11.5 Å². The zero-order valence-corrected chi connectivity index (χ0v) is 16.7. The minimum absolute atomic E-state index is 0.0174. The van der Waals surface area contributed by atoms with Crippen LogP contribution in [0.4, 0.5) is 0 Å². The normalized spacial score (nSPS) is 14.0. The van der Waals surface area contributed by atoms with Gasteiger partial charge in [-0.1, -0.05) is 12.1 Å². The van der Waals surface area contributed by atoms with E-state index in [1.54, 1.807) is 40.3 Å². The average molecular weight is 405 g/mol. The molecule has 0 radical (unpaired) electrons. The van der Waals surface area contributed by atoms with E-state index in [0.29, 0.717) is 37.5 Å². The van der Waals surface area contributed by atoms with Gasteiger partial charge in [0, 0.05) is 43.3 Å². The van der Waals surface area contributed by atoms with Crippen molar-refractivity contribution in [1.82, 2.24) is 14.8 Å². The molecule has 1 saturated heterocycles. The summed E-state index contributed by atoms with van der Waals surface area (Å²) in [5.74, 6) is 0.336. The second kappa shape index (κ2) is 8.41. The zero-order valence-electron chi connectivity index (χ0n) is 16.7. The molecule has 0 saturated carbocycles. The minimum atomic E-state index is -0.0343. The van der Waals surface area contributed by atoms with Gasteiger partial charge in [0.15, 0.2) is 11.5 Å². The molecule has 0 unspecified atom stereocenters. The molecule has 3 aromatic rings. The monoisotopic (exact) mass is 405 g/mol. The third-order valence-corrected chi connectivity index (χ3v) is 5.37. The quantitative estimate of drug-likeness (QED) is 0.721. The van der Waals surface area contributed by atoms with E-state index in [1.165, 1.54) is 7.11 Å². The molecule has 1 aliphatic heterocycles. The number of pyridine rings is 1. The van der Waals surface area contributed by atoms with Crippen LogP contribution in [0.3, 0.4) is 0 Å². The molecule has 1 aliphatic rings. The molecule has 1 fully saturated rings. The Bertz CT molecular complexity index is 1090. The smallest absolute Gasteiger partial charge is 0.253 e. The first-order valence-corrected chi connectivity index (χ1v) is 9.83. The molecule has 2 aromatic carbocycles. The van der Waals surface area contributed by atoms with Crippen LogP contribution in [0.15, 0.2) is 54.7 Å². The molecule has 1 aromatic heterocycles. The number of carbonyl (C=O) groups is 2. The lowest BCUT2D eigenvalue weighted by molar-refractivity contribution is -0.131. The Morgan fingerprint density at radius 1 is 1.03 bits per heavy atom. The number of nitrogens with zero attached hydrogens (tertiary/aromatic N) is 3. The molecule has 4 rings (SSSR count). The van der Waals surface area contributed by atoms with Crippen LogP contribution in [0.1, 0.15) is 15.9 Å². The van der Waals surface area contributed by atoms with Crippen molar-refractivity contribution in [2.75, 3.05) is 33.3 Å². The van der Waals surface area contributed by atoms with E-state index in [2.05, 4.69) is 4.98 Å². The van der Waals surface area contributed by atoms with Crippen LogP contribution < -0.4 is 4.74 Å². The van der Waals surface area contributed by atoms with E-state index in [4.69, 9.17) is 4.74 Å². The number of aromatic nitrogens is 1. The predicted molar refractivity (Wildman–Crippen MR) is 113 cm³/mol. The molecule has 7 heteroatoms. The molecule has 30 heavy (non-hydrogen) atoms. The first-order chi connectivity index (χ1) is 14.5. The van der Waals surface area contributed by atoms with E-state index in [9.17, 15) is 14.7 Å². The largest absolute Gasteiger partial charge is 0.504 e. The number of aromatic hydroxyl groups is 1. The van der Waals surface area contributed by atoms with Crippen molar-refractivity contribution >= 4 is 22.7 Å². The number of rotatable bonds is 4. The van der Waals surface area contributed by atoms with Gasteiger partial charge < -0.3 is 19.6 Å². The van der Waals surface area contributed by atoms with Gasteiger partial charge in [0.1, 0.15) is 0 Å². The minimum Gasteiger partial charge on any atom is -0.504 e. The molecular weight excluding hydrogens is 382 g/mol. The number of benzene rings is 2. The number of carbonyl (C=O) groups excluding carboxylic acids is 2. The third-order valence-electron chi connectivity index (χ3n) is 5.37.